The molecule has 0 spiro atoms. The molecule has 4 N–H and O–H groups in total. The molecule has 8 heteroatoms. The number of aliphatic hydroxyl groups excluding tert-OH is 1. The Bertz CT molecular complexity index is 449. The molecule has 1 atom stereocenters. The second kappa shape index (κ2) is 5.13. The summed E-state index contributed by atoms with van der Waals surface area (Å²) >= 11 is 0. The van der Waals surface area contributed by atoms with Crippen molar-refractivity contribution in [2.75, 3.05) is 6.61 Å². The Morgan fingerprint density at radius 1 is 1.44 bits per heavy atom. The molecule has 0 aliphatic heterocycles. The van der Waals surface area contributed by atoms with Crippen LogP contribution in [0.25, 0.3) is 0 Å². The summed E-state index contributed by atoms with van der Waals surface area (Å²) in [6.45, 7) is 4.98. The highest BCUT2D eigenvalue weighted by Gasteiger charge is 2.24. The molecule has 0 radical (unpaired) electrons. The Balaban J connectivity index is 2.79. The Hall–Kier alpha value is -1.96. The average Bonchev–Trinajstić information content (AvgIpc) is 2.73. The number of amides is 1. The molecule has 1 aromatic heterocycles. The molecular weight excluding hydrogens is 240 g/mol. The number of carboxylic acid groups (broad SMARTS) is 1. The van der Waals surface area contributed by atoms with Crippen LogP contribution in [-0.4, -0.2) is 49.9 Å². The van der Waals surface area contributed by atoms with E-state index in [1.54, 1.807) is 0 Å². The van der Waals surface area contributed by atoms with Crippen molar-refractivity contribution in [2.45, 2.75) is 32.2 Å². The third kappa shape index (κ3) is 3.27. The van der Waals surface area contributed by atoms with Crippen molar-refractivity contribution in [3.8, 4) is 0 Å². The number of aromatic nitrogens is 3. The first kappa shape index (κ1) is 14.1. The van der Waals surface area contributed by atoms with Crippen LogP contribution >= 0.6 is 0 Å². The number of aromatic amines is 1. The smallest absolute Gasteiger partial charge is 0.328 e. The number of nitrogens with zero attached hydrogens (tertiary/aromatic N) is 2. The maximum atomic E-state index is 11.6. The quantitative estimate of drug-likeness (QED) is 0.562. The summed E-state index contributed by atoms with van der Waals surface area (Å²) in [5.41, 5.74) is -0.297. The van der Waals surface area contributed by atoms with Gasteiger partial charge in [0.2, 0.25) is 5.82 Å². The van der Waals surface area contributed by atoms with Gasteiger partial charge in [-0.05, 0) is 0 Å². The molecule has 1 amide bonds. The number of carbonyl (C=O) groups is 2. The van der Waals surface area contributed by atoms with Gasteiger partial charge in [0, 0.05) is 5.41 Å². The Morgan fingerprint density at radius 2 is 2.06 bits per heavy atom. The summed E-state index contributed by atoms with van der Waals surface area (Å²) in [5, 5.41) is 25.9. The lowest BCUT2D eigenvalue weighted by Gasteiger charge is -2.13. The molecule has 1 heterocycles. The first-order valence-corrected chi connectivity index (χ1v) is 5.33. The molecule has 0 aliphatic carbocycles. The van der Waals surface area contributed by atoms with Crippen LogP contribution in [0.1, 0.15) is 37.2 Å². The molecule has 0 aliphatic rings. The zero-order valence-electron chi connectivity index (χ0n) is 10.4. The van der Waals surface area contributed by atoms with Crippen molar-refractivity contribution >= 4 is 11.9 Å². The van der Waals surface area contributed by atoms with Gasteiger partial charge < -0.3 is 15.5 Å². The fourth-order valence-corrected chi connectivity index (χ4v) is 1.11. The Labute approximate surface area is 103 Å². The number of carboxylic acids is 1. The fourth-order valence-electron chi connectivity index (χ4n) is 1.11. The van der Waals surface area contributed by atoms with Gasteiger partial charge in [-0.25, -0.2) is 9.78 Å². The minimum Gasteiger partial charge on any atom is -0.480 e. The lowest BCUT2D eigenvalue weighted by Crippen LogP contribution is -2.43. The lowest BCUT2D eigenvalue weighted by molar-refractivity contribution is -0.140. The van der Waals surface area contributed by atoms with Crippen molar-refractivity contribution in [3.63, 3.8) is 0 Å². The van der Waals surface area contributed by atoms with E-state index in [1.807, 2.05) is 20.8 Å². The number of H-pyrrole nitrogens is 1. The predicted molar refractivity (Wildman–Crippen MR) is 61.1 cm³/mol. The van der Waals surface area contributed by atoms with E-state index in [1.165, 1.54) is 0 Å². The number of aliphatic carboxylic acids is 1. The first-order chi connectivity index (χ1) is 8.25. The van der Waals surface area contributed by atoms with E-state index in [2.05, 4.69) is 20.5 Å². The molecule has 0 saturated carbocycles. The lowest BCUT2D eigenvalue weighted by atomic mass is 9.96. The monoisotopic (exact) mass is 256 g/mol. The molecule has 0 aromatic carbocycles. The summed E-state index contributed by atoms with van der Waals surface area (Å²) in [7, 11) is 0. The van der Waals surface area contributed by atoms with Crippen molar-refractivity contribution in [3.05, 3.63) is 11.6 Å². The number of carbonyl (C=O) groups excluding carboxylic acids is 1. The van der Waals surface area contributed by atoms with E-state index in [-0.39, 0.29) is 11.2 Å². The molecule has 0 bridgehead atoms. The van der Waals surface area contributed by atoms with E-state index in [4.69, 9.17) is 10.2 Å². The van der Waals surface area contributed by atoms with Crippen LogP contribution in [0.3, 0.4) is 0 Å². The number of rotatable bonds is 4. The predicted octanol–water partition coefficient (Wildman–Crippen LogP) is -0.722. The number of nitrogens with one attached hydrogen (secondary N) is 2. The first-order valence-electron chi connectivity index (χ1n) is 5.33. The minimum atomic E-state index is -1.37. The van der Waals surface area contributed by atoms with E-state index < -0.39 is 24.5 Å². The average molecular weight is 256 g/mol. The normalized spacial score (nSPS) is 13.1. The van der Waals surface area contributed by atoms with Gasteiger partial charge in [-0.15, -0.1) is 5.10 Å². The van der Waals surface area contributed by atoms with Crippen LogP contribution in [0.5, 0.6) is 0 Å². The Morgan fingerprint density at radius 3 is 2.44 bits per heavy atom. The molecule has 8 nitrogen and oxygen atoms in total. The van der Waals surface area contributed by atoms with E-state index in [9.17, 15) is 9.59 Å². The van der Waals surface area contributed by atoms with Gasteiger partial charge in [-0.2, -0.15) is 0 Å². The summed E-state index contributed by atoms with van der Waals surface area (Å²) < 4.78 is 0. The van der Waals surface area contributed by atoms with Crippen LogP contribution in [0.4, 0.5) is 0 Å². The molecule has 0 unspecified atom stereocenters. The largest absolute Gasteiger partial charge is 0.480 e. The van der Waals surface area contributed by atoms with E-state index >= 15 is 0 Å². The third-order valence-corrected chi connectivity index (χ3v) is 2.18. The topological polar surface area (TPSA) is 128 Å². The van der Waals surface area contributed by atoms with Crippen molar-refractivity contribution in [2.24, 2.45) is 0 Å². The highest BCUT2D eigenvalue weighted by Crippen LogP contribution is 2.17. The summed E-state index contributed by atoms with van der Waals surface area (Å²) in [6.07, 6.45) is 0. The summed E-state index contributed by atoms with van der Waals surface area (Å²) in [6, 6.07) is -1.37. The Kier molecular flexibility index (Phi) is 4.02. The molecule has 18 heavy (non-hydrogen) atoms. The molecule has 0 fully saturated rings. The van der Waals surface area contributed by atoms with Crippen LogP contribution in [0.15, 0.2) is 0 Å². The van der Waals surface area contributed by atoms with Crippen LogP contribution in [0.2, 0.25) is 0 Å². The van der Waals surface area contributed by atoms with Crippen molar-refractivity contribution in [1.29, 1.82) is 0 Å². The fraction of sp³-hybridized carbons (Fsp3) is 0.600. The van der Waals surface area contributed by atoms with Crippen LogP contribution in [-0.2, 0) is 10.2 Å². The van der Waals surface area contributed by atoms with Gasteiger partial charge >= 0.3 is 5.97 Å². The maximum Gasteiger partial charge on any atom is 0.328 e. The maximum absolute atomic E-state index is 11.6. The third-order valence-electron chi connectivity index (χ3n) is 2.18. The molecule has 100 valence electrons. The van der Waals surface area contributed by atoms with E-state index in [0.29, 0.717) is 5.82 Å². The zero-order valence-corrected chi connectivity index (χ0v) is 10.4. The number of hydrogen-bond donors (Lipinski definition) is 4. The van der Waals surface area contributed by atoms with Crippen LogP contribution < -0.4 is 5.32 Å². The standard InChI is InChI=1S/C10H16N4O4/c1-10(2,3)9-12-6(13-14-9)7(16)11-5(4-15)8(17)18/h5,15H,4H2,1-3H3,(H,11,16)(H,17,18)(H,12,13,14)/t5-/m0/s1. The van der Waals surface area contributed by atoms with Gasteiger partial charge in [-0.1, -0.05) is 20.8 Å². The highest BCUT2D eigenvalue weighted by molar-refractivity contribution is 5.93. The SMILES string of the molecule is CC(C)(C)c1nc(C(=O)N[C@@H](CO)C(=O)O)n[nH]1. The summed E-state index contributed by atoms with van der Waals surface area (Å²) in [4.78, 5) is 26.2. The highest BCUT2D eigenvalue weighted by atomic mass is 16.4. The molecule has 0 saturated heterocycles. The van der Waals surface area contributed by atoms with Gasteiger partial charge in [-0.3, -0.25) is 9.89 Å². The molecular formula is C10H16N4O4. The van der Waals surface area contributed by atoms with Crippen molar-refractivity contribution < 1.29 is 19.8 Å². The number of aliphatic hydroxyl groups is 1. The van der Waals surface area contributed by atoms with E-state index in [0.717, 1.165) is 0 Å². The van der Waals surface area contributed by atoms with Crippen LogP contribution in [0, 0.1) is 0 Å². The van der Waals surface area contributed by atoms with Gasteiger partial charge in [0.1, 0.15) is 5.82 Å². The number of hydrogen-bond acceptors (Lipinski definition) is 5. The van der Waals surface area contributed by atoms with Gasteiger partial charge in [0.05, 0.1) is 6.61 Å². The van der Waals surface area contributed by atoms with Gasteiger partial charge in [0.25, 0.3) is 5.91 Å². The zero-order chi connectivity index (χ0) is 13.9. The summed E-state index contributed by atoms with van der Waals surface area (Å²) in [5.74, 6) is -1.70. The molecule has 1 rings (SSSR count). The second-order valence-electron chi connectivity index (χ2n) is 4.80. The van der Waals surface area contributed by atoms with Gasteiger partial charge in [0.15, 0.2) is 6.04 Å². The second-order valence-corrected chi connectivity index (χ2v) is 4.80. The van der Waals surface area contributed by atoms with Crippen molar-refractivity contribution in [1.82, 2.24) is 20.5 Å². The minimum absolute atomic E-state index is 0.153. The molecule has 1 aromatic rings.